The summed E-state index contributed by atoms with van der Waals surface area (Å²) in [6, 6.07) is 3.82. The van der Waals surface area contributed by atoms with E-state index in [-0.39, 0.29) is 17.9 Å². The van der Waals surface area contributed by atoms with Gasteiger partial charge >= 0.3 is 0 Å². The van der Waals surface area contributed by atoms with Crippen LogP contribution in [0.4, 0.5) is 0 Å². The Hall–Kier alpha value is -1.77. The van der Waals surface area contributed by atoms with Crippen molar-refractivity contribution < 1.29 is 9.32 Å². The molecule has 8 heteroatoms. The molecule has 0 radical (unpaired) electrons. The first-order valence-corrected chi connectivity index (χ1v) is 9.05. The van der Waals surface area contributed by atoms with Crippen LogP contribution in [0.15, 0.2) is 22.0 Å². The highest BCUT2D eigenvalue weighted by Crippen LogP contribution is 2.21. The molecule has 7 nitrogen and oxygen atoms in total. The van der Waals surface area contributed by atoms with Crippen molar-refractivity contribution in [2.24, 2.45) is 11.7 Å². The lowest BCUT2D eigenvalue weighted by Crippen LogP contribution is -2.51. The summed E-state index contributed by atoms with van der Waals surface area (Å²) in [5, 5.41) is 6.02. The SMILES string of the molecule is CC(N)C(C)C(=O)N1CCN(Cc2nc(-c3cccs3)no2)CC1. The minimum Gasteiger partial charge on any atom is -0.340 e. The largest absolute Gasteiger partial charge is 0.340 e. The third kappa shape index (κ3) is 3.82. The lowest BCUT2D eigenvalue weighted by Gasteiger charge is -2.35. The van der Waals surface area contributed by atoms with Gasteiger partial charge in [-0.15, -0.1) is 11.3 Å². The summed E-state index contributed by atoms with van der Waals surface area (Å²) in [6.07, 6.45) is 0. The van der Waals surface area contributed by atoms with Crippen molar-refractivity contribution in [3.63, 3.8) is 0 Å². The maximum atomic E-state index is 12.3. The third-order valence-corrected chi connectivity index (χ3v) is 5.30. The van der Waals surface area contributed by atoms with Crippen molar-refractivity contribution in [2.75, 3.05) is 26.2 Å². The van der Waals surface area contributed by atoms with Crippen LogP contribution in [-0.4, -0.2) is 58.1 Å². The average molecular weight is 349 g/mol. The Labute approximate surface area is 145 Å². The molecule has 3 heterocycles. The second-order valence-corrected chi connectivity index (χ2v) is 7.19. The van der Waals surface area contributed by atoms with Crippen molar-refractivity contribution in [1.82, 2.24) is 19.9 Å². The molecule has 1 fully saturated rings. The van der Waals surface area contributed by atoms with Crippen LogP contribution in [0.3, 0.4) is 0 Å². The number of thiophene rings is 1. The fourth-order valence-electron chi connectivity index (χ4n) is 2.66. The first-order valence-electron chi connectivity index (χ1n) is 8.18. The van der Waals surface area contributed by atoms with Crippen LogP contribution in [0, 0.1) is 5.92 Å². The Morgan fingerprint density at radius 2 is 2.12 bits per heavy atom. The first-order chi connectivity index (χ1) is 11.5. The van der Waals surface area contributed by atoms with Gasteiger partial charge in [0.05, 0.1) is 17.3 Å². The standard InChI is InChI=1S/C16H23N5O2S/c1-11(12(2)17)16(22)21-7-5-20(6-8-21)10-14-18-15(19-23-14)13-4-3-9-24-13/h3-4,9,11-12H,5-8,10,17H2,1-2H3. The second kappa shape index (κ2) is 7.42. The second-order valence-electron chi connectivity index (χ2n) is 6.24. The highest BCUT2D eigenvalue weighted by Gasteiger charge is 2.27. The molecule has 2 N–H and O–H groups in total. The molecule has 1 aliphatic rings. The molecule has 0 saturated carbocycles. The normalized spacial score (nSPS) is 18.5. The first kappa shape index (κ1) is 17.1. The number of aromatic nitrogens is 2. The number of nitrogens with two attached hydrogens (primary N) is 1. The molecular weight excluding hydrogens is 326 g/mol. The number of piperazine rings is 1. The molecule has 2 unspecified atom stereocenters. The molecule has 24 heavy (non-hydrogen) atoms. The zero-order valence-corrected chi connectivity index (χ0v) is 14.8. The molecule has 1 saturated heterocycles. The van der Waals surface area contributed by atoms with E-state index in [1.807, 2.05) is 36.3 Å². The van der Waals surface area contributed by atoms with Crippen molar-refractivity contribution in [1.29, 1.82) is 0 Å². The zero-order chi connectivity index (χ0) is 17.1. The Bertz CT molecular complexity index is 662. The third-order valence-electron chi connectivity index (χ3n) is 4.43. The number of carbonyl (C=O) groups is 1. The van der Waals surface area contributed by atoms with E-state index in [0.29, 0.717) is 31.3 Å². The fraction of sp³-hybridized carbons (Fsp3) is 0.562. The summed E-state index contributed by atoms with van der Waals surface area (Å²) in [5.74, 6) is 1.25. The molecule has 0 bridgehead atoms. The lowest BCUT2D eigenvalue weighted by atomic mass is 10.0. The lowest BCUT2D eigenvalue weighted by molar-refractivity contribution is -0.137. The molecule has 3 rings (SSSR count). The average Bonchev–Trinajstić information content (AvgIpc) is 3.25. The van der Waals surface area contributed by atoms with E-state index in [9.17, 15) is 4.79 Å². The van der Waals surface area contributed by atoms with Gasteiger partial charge in [-0.2, -0.15) is 4.98 Å². The molecule has 2 atom stereocenters. The molecule has 2 aromatic heterocycles. The van der Waals surface area contributed by atoms with Crippen molar-refractivity contribution >= 4 is 17.2 Å². The van der Waals surface area contributed by atoms with E-state index >= 15 is 0 Å². The van der Waals surface area contributed by atoms with Gasteiger partial charge in [0.15, 0.2) is 0 Å². The summed E-state index contributed by atoms with van der Waals surface area (Å²) in [7, 11) is 0. The van der Waals surface area contributed by atoms with E-state index in [0.717, 1.165) is 18.0 Å². The summed E-state index contributed by atoms with van der Waals surface area (Å²) >= 11 is 1.59. The van der Waals surface area contributed by atoms with Crippen molar-refractivity contribution in [3.05, 3.63) is 23.4 Å². The molecule has 0 aromatic carbocycles. The van der Waals surface area contributed by atoms with Gasteiger partial charge in [0.2, 0.25) is 17.6 Å². The van der Waals surface area contributed by atoms with Gasteiger partial charge in [-0.05, 0) is 18.4 Å². The quantitative estimate of drug-likeness (QED) is 0.878. The highest BCUT2D eigenvalue weighted by atomic mass is 32.1. The number of carbonyl (C=O) groups excluding carboxylic acids is 1. The molecular formula is C16H23N5O2S. The van der Waals surface area contributed by atoms with Crippen molar-refractivity contribution in [3.8, 4) is 10.7 Å². The van der Waals surface area contributed by atoms with Gasteiger partial charge in [0.1, 0.15) is 0 Å². The van der Waals surface area contributed by atoms with Gasteiger partial charge in [0, 0.05) is 32.2 Å². The predicted octanol–water partition coefficient (Wildman–Crippen LogP) is 1.43. The number of hydrogen-bond acceptors (Lipinski definition) is 7. The molecule has 130 valence electrons. The topological polar surface area (TPSA) is 88.5 Å². The fourth-order valence-corrected chi connectivity index (χ4v) is 3.30. The highest BCUT2D eigenvalue weighted by molar-refractivity contribution is 7.13. The van der Waals surface area contributed by atoms with E-state index in [4.69, 9.17) is 10.3 Å². The Balaban J connectivity index is 1.52. The van der Waals surface area contributed by atoms with Crippen LogP contribution in [0.2, 0.25) is 0 Å². The number of rotatable bonds is 5. The summed E-state index contributed by atoms with van der Waals surface area (Å²) in [6.45, 7) is 7.40. The number of amides is 1. The van der Waals surface area contributed by atoms with Crippen LogP contribution >= 0.6 is 11.3 Å². The van der Waals surface area contributed by atoms with E-state index in [2.05, 4.69) is 15.0 Å². The maximum Gasteiger partial charge on any atom is 0.241 e. The molecule has 1 amide bonds. The summed E-state index contributed by atoms with van der Waals surface area (Å²) in [5.41, 5.74) is 5.83. The Morgan fingerprint density at radius 1 is 1.38 bits per heavy atom. The molecule has 2 aromatic rings. The van der Waals surface area contributed by atoms with Crippen LogP contribution in [-0.2, 0) is 11.3 Å². The van der Waals surface area contributed by atoms with Crippen molar-refractivity contribution in [2.45, 2.75) is 26.4 Å². The van der Waals surface area contributed by atoms with Crippen LogP contribution in [0.1, 0.15) is 19.7 Å². The maximum absolute atomic E-state index is 12.3. The van der Waals surface area contributed by atoms with E-state index in [1.54, 1.807) is 11.3 Å². The van der Waals surface area contributed by atoms with Gasteiger partial charge in [-0.3, -0.25) is 9.69 Å². The zero-order valence-electron chi connectivity index (χ0n) is 14.0. The molecule has 1 aliphatic heterocycles. The van der Waals surface area contributed by atoms with Gasteiger partial charge in [-0.1, -0.05) is 18.1 Å². The minimum absolute atomic E-state index is 0.121. The van der Waals surface area contributed by atoms with Gasteiger partial charge in [0.25, 0.3) is 0 Å². The smallest absolute Gasteiger partial charge is 0.241 e. The van der Waals surface area contributed by atoms with Crippen LogP contribution in [0.25, 0.3) is 10.7 Å². The predicted molar refractivity (Wildman–Crippen MR) is 92.3 cm³/mol. The molecule has 0 spiro atoms. The monoisotopic (exact) mass is 349 g/mol. The minimum atomic E-state index is -0.138. The summed E-state index contributed by atoms with van der Waals surface area (Å²) < 4.78 is 5.34. The Morgan fingerprint density at radius 3 is 2.75 bits per heavy atom. The van der Waals surface area contributed by atoms with Crippen LogP contribution in [0.5, 0.6) is 0 Å². The van der Waals surface area contributed by atoms with E-state index < -0.39 is 0 Å². The number of nitrogens with zero attached hydrogens (tertiary/aromatic N) is 4. The van der Waals surface area contributed by atoms with E-state index in [1.165, 1.54) is 0 Å². The Kier molecular flexibility index (Phi) is 5.27. The summed E-state index contributed by atoms with van der Waals surface area (Å²) in [4.78, 5) is 21.9. The van der Waals surface area contributed by atoms with Gasteiger partial charge < -0.3 is 15.2 Å². The molecule has 0 aliphatic carbocycles. The van der Waals surface area contributed by atoms with Gasteiger partial charge in [-0.25, -0.2) is 0 Å². The number of hydrogen-bond donors (Lipinski definition) is 1. The van der Waals surface area contributed by atoms with Crippen LogP contribution < -0.4 is 5.73 Å².